The lowest BCUT2D eigenvalue weighted by atomic mass is 10.2. The highest BCUT2D eigenvalue weighted by molar-refractivity contribution is 9.10. The molecule has 0 N–H and O–H groups in total. The first-order chi connectivity index (χ1) is 9.69. The number of hydrogen-bond acceptors (Lipinski definition) is 5. The lowest BCUT2D eigenvalue weighted by Crippen LogP contribution is -2.04. The molecular formula is C13H9BrN4O2. The van der Waals surface area contributed by atoms with Crippen molar-refractivity contribution in [3.05, 3.63) is 46.8 Å². The smallest absolute Gasteiger partial charge is 0.341 e. The van der Waals surface area contributed by atoms with Gasteiger partial charge >= 0.3 is 5.97 Å². The van der Waals surface area contributed by atoms with Crippen LogP contribution in [0.2, 0.25) is 0 Å². The largest absolute Gasteiger partial charge is 0.465 e. The van der Waals surface area contributed by atoms with E-state index in [2.05, 4.69) is 31.0 Å². The minimum atomic E-state index is -0.443. The van der Waals surface area contributed by atoms with E-state index in [1.807, 2.05) is 6.07 Å². The summed E-state index contributed by atoms with van der Waals surface area (Å²) in [5.74, 6) is 0.0528. The fourth-order valence-electron chi connectivity index (χ4n) is 1.83. The molecule has 0 amide bonds. The van der Waals surface area contributed by atoms with E-state index in [-0.39, 0.29) is 0 Å². The highest BCUT2D eigenvalue weighted by Crippen LogP contribution is 2.20. The van der Waals surface area contributed by atoms with E-state index in [4.69, 9.17) is 4.74 Å². The molecule has 6 nitrogen and oxygen atoms in total. The summed E-state index contributed by atoms with van der Waals surface area (Å²) in [4.78, 5) is 20.2. The number of carbonyl (C=O) groups is 1. The quantitative estimate of drug-likeness (QED) is 0.673. The van der Waals surface area contributed by atoms with Gasteiger partial charge in [0.05, 0.1) is 7.11 Å². The Hall–Kier alpha value is -2.28. The maximum absolute atomic E-state index is 11.7. The van der Waals surface area contributed by atoms with Crippen LogP contribution in [-0.2, 0) is 4.74 Å². The second kappa shape index (κ2) is 5.01. The topological polar surface area (TPSA) is 69.4 Å². The number of halogens is 1. The lowest BCUT2D eigenvalue weighted by Gasteiger charge is -1.99. The first-order valence-corrected chi connectivity index (χ1v) is 6.53. The summed E-state index contributed by atoms with van der Waals surface area (Å²) >= 11 is 3.35. The Morgan fingerprint density at radius 1 is 1.40 bits per heavy atom. The minimum Gasteiger partial charge on any atom is -0.465 e. The van der Waals surface area contributed by atoms with Crippen molar-refractivity contribution in [2.24, 2.45) is 0 Å². The molecule has 3 heterocycles. The number of rotatable bonds is 2. The number of carbonyl (C=O) groups excluding carboxylic acids is 1. The molecule has 100 valence electrons. The number of methoxy groups -OCH3 is 1. The van der Waals surface area contributed by atoms with Crippen molar-refractivity contribution in [3.8, 4) is 11.4 Å². The van der Waals surface area contributed by atoms with Crippen LogP contribution in [0.1, 0.15) is 10.4 Å². The third kappa shape index (κ3) is 2.16. The normalized spacial score (nSPS) is 10.7. The van der Waals surface area contributed by atoms with Crippen LogP contribution in [0, 0.1) is 0 Å². The number of pyridine rings is 2. The molecule has 0 bridgehead atoms. The number of fused-ring (bicyclic) bond motifs is 1. The lowest BCUT2D eigenvalue weighted by molar-refractivity contribution is 0.0602. The SMILES string of the molecule is COC(=O)c1cccn2nc(-c3cncc(Br)c3)nc12. The minimum absolute atomic E-state index is 0.372. The van der Waals surface area contributed by atoms with Crippen molar-refractivity contribution >= 4 is 27.5 Å². The van der Waals surface area contributed by atoms with E-state index in [9.17, 15) is 4.79 Å². The fourth-order valence-corrected chi connectivity index (χ4v) is 2.20. The molecule has 0 aliphatic rings. The Bertz CT molecular complexity index is 800. The van der Waals surface area contributed by atoms with Crippen LogP contribution in [0.4, 0.5) is 0 Å². The first-order valence-electron chi connectivity index (χ1n) is 5.73. The van der Waals surface area contributed by atoms with Crippen LogP contribution in [0.5, 0.6) is 0 Å². The van der Waals surface area contributed by atoms with Crippen LogP contribution < -0.4 is 0 Å². The van der Waals surface area contributed by atoms with E-state index in [1.54, 1.807) is 35.2 Å². The van der Waals surface area contributed by atoms with Gasteiger partial charge in [0.15, 0.2) is 11.5 Å². The molecule has 0 aromatic carbocycles. The van der Waals surface area contributed by atoms with Gasteiger partial charge in [0.2, 0.25) is 0 Å². The zero-order chi connectivity index (χ0) is 14.1. The van der Waals surface area contributed by atoms with Gasteiger partial charge in [-0.2, -0.15) is 0 Å². The second-order valence-electron chi connectivity index (χ2n) is 4.01. The zero-order valence-corrected chi connectivity index (χ0v) is 12.0. The molecule has 3 aromatic rings. The Morgan fingerprint density at radius 3 is 3.00 bits per heavy atom. The maximum Gasteiger partial charge on any atom is 0.341 e. The van der Waals surface area contributed by atoms with Crippen LogP contribution in [-0.4, -0.2) is 32.7 Å². The Balaban J connectivity index is 2.18. The molecule has 0 saturated heterocycles. The van der Waals surface area contributed by atoms with Crippen LogP contribution in [0.25, 0.3) is 17.0 Å². The zero-order valence-electron chi connectivity index (χ0n) is 10.4. The summed E-state index contributed by atoms with van der Waals surface area (Å²) in [6.07, 6.45) is 5.07. The summed E-state index contributed by atoms with van der Waals surface area (Å²) < 4.78 is 7.12. The summed E-state index contributed by atoms with van der Waals surface area (Å²) in [6.45, 7) is 0. The van der Waals surface area contributed by atoms with Gasteiger partial charge in [0.1, 0.15) is 5.56 Å². The molecule has 0 spiro atoms. The number of esters is 1. The molecule has 0 radical (unpaired) electrons. The van der Waals surface area contributed by atoms with Gasteiger partial charge < -0.3 is 4.74 Å². The van der Waals surface area contributed by atoms with Crippen LogP contribution in [0.3, 0.4) is 0 Å². The van der Waals surface area contributed by atoms with E-state index in [1.165, 1.54) is 7.11 Å². The molecule has 0 atom stereocenters. The average molecular weight is 333 g/mol. The van der Waals surface area contributed by atoms with Crippen LogP contribution in [0.15, 0.2) is 41.3 Å². The number of hydrogen-bond donors (Lipinski definition) is 0. The molecule has 7 heteroatoms. The number of ether oxygens (including phenoxy) is 1. The Kier molecular flexibility index (Phi) is 3.19. The van der Waals surface area contributed by atoms with Crippen molar-refractivity contribution in [1.29, 1.82) is 0 Å². The molecule has 3 aromatic heterocycles. The van der Waals surface area contributed by atoms with Gasteiger partial charge in [-0.15, -0.1) is 5.10 Å². The van der Waals surface area contributed by atoms with Crippen molar-refractivity contribution in [3.63, 3.8) is 0 Å². The van der Waals surface area contributed by atoms with Crippen molar-refractivity contribution in [1.82, 2.24) is 19.6 Å². The molecule has 20 heavy (non-hydrogen) atoms. The average Bonchev–Trinajstić information content (AvgIpc) is 2.90. The molecule has 0 fully saturated rings. The Morgan fingerprint density at radius 2 is 2.25 bits per heavy atom. The predicted molar refractivity (Wildman–Crippen MR) is 75.3 cm³/mol. The monoisotopic (exact) mass is 332 g/mol. The van der Waals surface area contributed by atoms with E-state index >= 15 is 0 Å². The molecule has 0 aliphatic heterocycles. The highest BCUT2D eigenvalue weighted by Gasteiger charge is 2.15. The third-order valence-electron chi connectivity index (χ3n) is 2.73. The van der Waals surface area contributed by atoms with Gasteiger partial charge in [-0.1, -0.05) is 0 Å². The standard InChI is InChI=1S/C13H9BrN4O2/c1-20-13(19)10-3-2-4-18-12(10)16-11(17-18)8-5-9(14)7-15-6-8/h2-7H,1H3. The highest BCUT2D eigenvalue weighted by atomic mass is 79.9. The summed E-state index contributed by atoms with van der Waals surface area (Å²) in [6, 6.07) is 5.23. The molecular weight excluding hydrogens is 324 g/mol. The summed E-state index contributed by atoms with van der Waals surface area (Å²) in [5.41, 5.74) is 1.59. The van der Waals surface area contributed by atoms with Gasteiger partial charge in [-0.3, -0.25) is 4.98 Å². The van der Waals surface area contributed by atoms with Crippen molar-refractivity contribution in [2.45, 2.75) is 0 Å². The summed E-state index contributed by atoms with van der Waals surface area (Å²) in [5, 5.41) is 4.34. The third-order valence-corrected chi connectivity index (χ3v) is 3.16. The predicted octanol–water partition coefficient (Wildman–Crippen LogP) is 2.34. The van der Waals surface area contributed by atoms with E-state index in [0.29, 0.717) is 17.0 Å². The fraction of sp³-hybridized carbons (Fsp3) is 0.0769. The number of aromatic nitrogens is 4. The number of nitrogens with zero attached hydrogens (tertiary/aromatic N) is 4. The second-order valence-corrected chi connectivity index (χ2v) is 4.92. The van der Waals surface area contributed by atoms with E-state index < -0.39 is 5.97 Å². The first kappa shape index (κ1) is 12.7. The van der Waals surface area contributed by atoms with Gasteiger partial charge in [-0.05, 0) is 34.1 Å². The van der Waals surface area contributed by atoms with Crippen LogP contribution >= 0.6 is 15.9 Å². The molecule has 3 rings (SSSR count). The molecule has 0 unspecified atom stereocenters. The van der Waals surface area contributed by atoms with Gasteiger partial charge in [-0.25, -0.2) is 14.3 Å². The molecule has 0 saturated carbocycles. The van der Waals surface area contributed by atoms with Crippen molar-refractivity contribution < 1.29 is 9.53 Å². The van der Waals surface area contributed by atoms with E-state index in [0.717, 1.165) is 10.0 Å². The Labute approximate surface area is 122 Å². The molecule has 0 aliphatic carbocycles. The maximum atomic E-state index is 11.7. The van der Waals surface area contributed by atoms with Gasteiger partial charge in [0, 0.05) is 28.6 Å². The van der Waals surface area contributed by atoms with Gasteiger partial charge in [0.25, 0.3) is 0 Å². The van der Waals surface area contributed by atoms with Crippen molar-refractivity contribution in [2.75, 3.05) is 7.11 Å². The summed E-state index contributed by atoms with van der Waals surface area (Å²) in [7, 11) is 1.33.